The minimum atomic E-state index is -0.758. The van der Waals surface area contributed by atoms with Crippen LogP contribution in [-0.4, -0.2) is 38.0 Å². The molecule has 0 fully saturated rings. The number of para-hydroxylation sites is 1. The third-order valence-corrected chi connectivity index (χ3v) is 7.49. The molecule has 0 saturated heterocycles. The number of thiazole rings is 1. The number of benzene rings is 2. The number of allylic oxidation sites excluding steroid dienone is 1. The van der Waals surface area contributed by atoms with E-state index in [9.17, 15) is 9.59 Å². The molecule has 0 saturated carbocycles. The van der Waals surface area contributed by atoms with Crippen molar-refractivity contribution in [2.45, 2.75) is 26.8 Å². The van der Waals surface area contributed by atoms with Gasteiger partial charge in [-0.05, 0) is 50.6 Å². The van der Waals surface area contributed by atoms with E-state index in [4.69, 9.17) is 18.9 Å². The lowest BCUT2D eigenvalue weighted by Gasteiger charge is -2.25. The van der Waals surface area contributed by atoms with E-state index in [-0.39, 0.29) is 12.2 Å². The first-order valence-corrected chi connectivity index (χ1v) is 13.3. The van der Waals surface area contributed by atoms with Gasteiger partial charge in [-0.15, -0.1) is 0 Å². The molecule has 0 N–H and O–H groups in total. The second-order valence-electron chi connectivity index (χ2n) is 8.00. The van der Waals surface area contributed by atoms with Crippen molar-refractivity contribution in [1.82, 2.24) is 4.57 Å². The van der Waals surface area contributed by atoms with Crippen molar-refractivity contribution in [2.75, 3.05) is 27.4 Å². The third kappa shape index (κ3) is 5.08. The number of nitrogens with zero attached hydrogens (tertiary/aromatic N) is 2. The third-order valence-electron chi connectivity index (χ3n) is 5.82. The van der Waals surface area contributed by atoms with Crippen LogP contribution < -0.4 is 29.1 Å². The molecular weight excluding hydrogens is 560 g/mol. The molecule has 0 bridgehead atoms. The smallest absolute Gasteiger partial charge is 0.338 e. The average molecular weight is 587 g/mol. The number of hydrogen-bond acceptors (Lipinski definition) is 8. The van der Waals surface area contributed by atoms with Gasteiger partial charge in [0.2, 0.25) is 0 Å². The van der Waals surface area contributed by atoms with Gasteiger partial charge in [0.1, 0.15) is 11.8 Å². The van der Waals surface area contributed by atoms with Gasteiger partial charge in [0.25, 0.3) is 5.56 Å². The Morgan fingerprint density at radius 3 is 2.51 bits per heavy atom. The summed E-state index contributed by atoms with van der Waals surface area (Å²) in [6.45, 7) is 6.05. The van der Waals surface area contributed by atoms with E-state index in [1.807, 2.05) is 31.2 Å². The molecule has 1 aliphatic heterocycles. The van der Waals surface area contributed by atoms with E-state index in [0.29, 0.717) is 50.0 Å². The highest BCUT2D eigenvalue weighted by Crippen LogP contribution is 2.36. The maximum absolute atomic E-state index is 13.9. The Morgan fingerprint density at radius 1 is 1.11 bits per heavy atom. The molecule has 2 heterocycles. The van der Waals surface area contributed by atoms with Crippen LogP contribution in [0, 0.1) is 0 Å². The van der Waals surface area contributed by atoms with Gasteiger partial charge in [-0.3, -0.25) is 9.36 Å². The number of carbonyl (C=O) groups is 1. The molecule has 1 aromatic heterocycles. The Bertz CT molecular complexity index is 1560. The summed E-state index contributed by atoms with van der Waals surface area (Å²) >= 11 is 4.82. The Balaban J connectivity index is 1.97. The molecule has 1 atom stereocenters. The highest BCUT2D eigenvalue weighted by Gasteiger charge is 2.35. The molecule has 0 aliphatic carbocycles. The van der Waals surface area contributed by atoms with Gasteiger partial charge in [-0.2, -0.15) is 0 Å². The average Bonchev–Trinajstić information content (AvgIpc) is 3.19. The molecule has 0 spiro atoms. The normalized spacial score (nSPS) is 15.2. The molecule has 10 heteroatoms. The number of ether oxygens (including phenoxy) is 4. The van der Waals surface area contributed by atoms with Gasteiger partial charge < -0.3 is 18.9 Å². The van der Waals surface area contributed by atoms with Crippen LogP contribution >= 0.6 is 27.3 Å². The van der Waals surface area contributed by atoms with Crippen molar-refractivity contribution in [3.05, 3.63) is 83.0 Å². The van der Waals surface area contributed by atoms with Gasteiger partial charge >= 0.3 is 5.97 Å². The van der Waals surface area contributed by atoms with Crippen LogP contribution in [0.3, 0.4) is 0 Å². The minimum Gasteiger partial charge on any atom is -0.496 e. The van der Waals surface area contributed by atoms with Crippen LogP contribution in [0.1, 0.15) is 37.9 Å². The fourth-order valence-corrected chi connectivity index (χ4v) is 5.68. The zero-order chi connectivity index (χ0) is 26.7. The lowest BCUT2D eigenvalue weighted by Crippen LogP contribution is -2.40. The topological polar surface area (TPSA) is 88.4 Å². The van der Waals surface area contributed by atoms with Gasteiger partial charge in [0.15, 0.2) is 16.3 Å². The fourth-order valence-electron chi connectivity index (χ4n) is 4.21. The number of rotatable bonds is 8. The number of methoxy groups -OCH3 is 2. The molecule has 0 radical (unpaired) electrons. The summed E-state index contributed by atoms with van der Waals surface area (Å²) in [6, 6.07) is 10.2. The molecule has 4 rings (SSSR count). The second-order valence-corrected chi connectivity index (χ2v) is 9.87. The lowest BCUT2D eigenvalue weighted by atomic mass is 9.95. The van der Waals surface area contributed by atoms with Crippen LogP contribution in [0.4, 0.5) is 0 Å². The number of carbonyl (C=O) groups excluding carboxylic acids is 1. The van der Waals surface area contributed by atoms with Crippen molar-refractivity contribution in [3.8, 4) is 17.2 Å². The van der Waals surface area contributed by atoms with Crippen LogP contribution in [0.2, 0.25) is 0 Å². The molecule has 3 aromatic rings. The van der Waals surface area contributed by atoms with Crippen LogP contribution in [0.5, 0.6) is 17.2 Å². The van der Waals surface area contributed by atoms with E-state index in [0.717, 1.165) is 10.0 Å². The van der Waals surface area contributed by atoms with E-state index in [1.165, 1.54) is 15.9 Å². The first-order valence-electron chi connectivity index (χ1n) is 11.7. The summed E-state index contributed by atoms with van der Waals surface area (Å²) in [4.78, 5) is 32.1. The van der Waals surface area contributed by atoms with Crippen molar-refractivity contribution in [3.63, 3.8) is 0 Å². The molecule has 2 aromatic carbocycles. The SMILES string of the molecule is CCOC(=O)C1=C(C)N=c2s/c(=C\c3cc(OCC)c(OC)cc3Br)c(=O)n2C1c1ccccc1OC. The Morgan fingerprint density at radius 2 is 1.84 bits per heavy atom. The van der Waals surface area contributed by atoms with Gasteiger partial charge in [-0.25, -0.2) is 9.79 Å². The van der Waals surface area contributed by atoms with Gasteiger partial charge in [-0.1, -0.05) is 45.5 Å². The standard InChI is InChI=1S/C27H27BrN2O6S/c1-6-35-21-12-16(18(28)14-20(21)34-5)13-22-25(31)30-24(17-10-8-9-11-19(17)33-4)23(26(32)36-7-2)15(3)29-27(30)37-22/h8-14,24H,6-7H2,1-5H3/b22-13-. The number of hydrogen-bond donors (Lipinski definition) is 0. The Labute approximate surface area is 226 Å². The predicted molar refractivity (Wildman–Crippen MR) is 145 cm³/mol. The van der Waals surface area contributed by atoms with Crippen molar-refractivity contribution >= 4 is 39.3 Å². The van der Waals surface area contributed by atoms with Crippen molar-refractivity contribution in [1.29, 1.82) is 0 Å². The first-order chi connectivity index (χ1) is 17.8. The molecule has 37 heavy (non-hydrogen) atoms. The maximum Gasteiger partial charge on any atom is 0.338 e. The Hall–Kier alpha value is -3.37. The first kappa shape index (κ1) is 26.7. The molecular formula is C27H27BrN2O6S. The lowest BCUT2D eigenvalue weighted by molar-refractivity contribution is -0.139. The van der Waals surface area contributed by atoms with E-state index >= 15 is 0 Å². The zero-order valence-corrected chi connectivity index (χ0v) is 23.6. The summed E-state index contributed by atoms with van der Waals surface area (Å²) in [7, 11) is 3.13. The van der Waals surface area contributed by atoms with Gasteiger partial charge in [0.05, 0.1) is 43.2 Å². The summed E-state index contributed by atoms with van der Waals surface area (Å²) in [6.07, 6.45) is 1.78. The number of esters is 1. The number of aromatic nitrogens is 1. The van der Waals surface area contributed by atoms with Gasteiger partial charge in [0, 0.05) is 10.0 Å². The molecule has 0 amide bonds. The minimum absolute atomic E-state index is 0.201. The highest BCUT2D eigenvalue weighted by atomic mass is 79.9. The molecule has 1 aliphatic rings. The van der Waals surface area contributed by atoms with E-state index in [2.05, 4.69) is 20.9 Å². The zero-order valence-electron chi connectivity index (χ0n) is 21.2. The van der Waals surface area contributed by atoms with E-state index < -0.39 is 12.0 Å². The summed E-state index contributed by atoms with van der Waals surface area (Å²) < 4.78 is 24.8. The quantitative estimate of drug-likeness (QED) is 0.371. The molecule has 1 unspecified atom stereocenters. The molecule has 194 valence electrons. The maximum atomic E-state index is 13.9. The number of halogens is 1. The monoisotopic (exact) mass is 586 g/mol. The molecule has 8 nitrogen and oxygen atoms in total. The van der Waals surface area contributed by atoms with Crippen LogP contribution in [0.25, 0.3) is 6.08 Å². The number of fused-ring (bicyclic) bond motifs is 1. The predicted octanol–water partition coefficient (Wildman–Crippen LogP) is 3.98. The summed E-state index contributed by atoms with van der Waals surface area (Å²) in [5, 5.41) is 0. The Kier molecular flexibility index (Phi) is 8.19. The van der Waals surface area contributed by atoms with Crippen molar-refractivity contribution in [2.24, 2.45) is 4.99 Å². The van der Waals surface area contributed by atoms with Crippen molar-refractivity contribution < 1.29 is 23.7 Å². The van der Waals surface area contributed by atoms with Crippen LogP contribution in [-0.2, 0) is 9.53 Å². The second kappa shape index (κ2) is 11.4. The van der Waals surface area contributed by atoms with E-state index in [1.54, 1.807) is 46.3 Å². The summed E-state index contributed by atoms with van der Waals surface area (Å²) in [5.41, 5.74) is 1.92. The summed E-state index contributed by atoms with van der Waals surface area (Å²) in [5.74, 6) is 1.18. The van der Waals surface area contributed by atoms with Crippen LogP contribution in [0.15, 0.2) is 61.9 Å². The largest absolute Gasteiger partial charge is 0.496 e. The highest BCUT2D eigenvalue weighted by molar-refractivity contribution is 9.10. The fraction of sp³-hybridized carbons (Fsp3) is 0.296.